The lowest BCUT2D eigenvalue weighted by Crippen LogP contribution is -2.28. The number of epoxide rings is 1. The quantitative estimate of drug-likeness (QED) is 0.344. The van der Waals surface area contributed by atoms with Gasteiger partial charge in [-0.2, -0.15) is 0 Å². The van der Waals surface area contributed by atoms with Crippen molar-refractivity contribution in [1.29, 1.82) is 0 Å². The van der Waals surface area contributed by atoms with Gasteiger partial charge in [0.2, 0.25) is 0 Å². The van der Waals surface area contributed by atoms with Crippen molar-refractivity contribution in [1.82, 2.24) is 0 Å². The van der Waals surface area contributed by atoms with Crippen molar-refractivity contribution < 1.29 is 4.74 Å². The third kappa shape index (κ3) is 5.21. The number of alkyl halides is 1. The van der Waals surface area contributed by atoms with Crippen molar-refractivity contribution in [3.8, 4) is 0 Å². The van der Waals surface area contributed by atoms with E-state index in [9.17, 15) is 0 Å². The van der Waals surface area contributed by atoms with Crippen LogP contribution in [0.1, 0.15) is 59.3 Å². The SMILES string of the molecule is CCCCCCC(C)C(C)(Cl)CC1CO1. The molecule has 0 N–H and O–H groups in total. The van der Waals surface area contributed by atoms with Crippen molar-refractivity contribution in [2.45, 2.75) is 70.3 Å². The molecule has 0 radical (unpaired) electrons. The zero-order valence-electron chi connectivity index (χ0n) is 10.4. The monoisotopic (exact) mass is 232 g/mol. The molecule has 90 valence electrons. The summed E-state index contributed by atoms with van der Waals surface area (Å²) in [5, 5.41) is 0. The van der Waals surface area contributed by atoms with Gasteiger partial charge in [-0.15, -0.1) is 11.6 Å². The van der Waals surface area contributed by atoms with Crippen molar-refractivity contribution in [2.24, 2.45) is 5.92 Å². The van der Waals surface area contributed by atoms with Gasteiger partial charge >= 0.3 is 0 Å². The molecular weight excluding hydrogens is 208 g/mol. The molecular formula is C13H25ClO. The maximum Gasteiger partial charge on any atom is 0.0826 e. The summed E-state index contributed by atoms with van der Waals surface area (Å²) in [5.41, 5.74) is 0. The fourth-order valence-electron chi connectivity index (χ4n) is 2.01. The summed E-state index contributed by atoms with van der Waals surface area (Å²) in [5.74, 6) is 0.597. The van der Waals surface area contributed by atoms with E-state index in [1.165, 1.54) is 32.1 Å². The van der Waals surface area contributed by atoms with E-state index >= 15 is 0 Å². The number of hydrogen-bond donors (Lipinski definition) is 0. The lowest BCUT2D eigenvalue weighted by molar-refractivity contribution is 0.312. The summed E-state index contributed by atoms with van der Waals surface area (Å²) in [6.07, 6.45) is 8.07. The topological polar surface area (TPSA) is 12.5 Å². The second kappa shape index (κ2) is 6.10. The Kier molecular flexibility index (Phi) is 5.42. The lowest BCUT2D eigenvalue weighted by atomic mass is 9.86. The van der Waals surface area contributed by atoms with E-state index in [-0.39, 0.29) is 4.87 Å². The molecule has 1 rings (SSSR count). The molecule has 0 saturated carbocycles. The summed E-state index contributed by atoms with van der Waals surface area (Å²) in [7, 11) is 0. The first-order chi connectivity index (χ1) is 7.06. The minimum absolute atomic E-state index is 0.0621. The minimum Gasteiger partial charge on any atom is -0.373 e. The largest absolute Gasteiger partial charge is 0.373 e. The third-order valence-corrected chi connectivity index (χ3v) is 4.07. The molecule has 0 spiro atoms. The molecule has 0 aliphatic carbocycles. The number of unbranched alkanes of at least 4 members (excludes halogenated alkanes) is 3. The van der Waals surface area contributed by atoms with E-state index < -0.39 is 0 Å². The Balaban J connectivity index is 2.15. The van der Waals surface area contributed by atoms with E-state index in [1.54, 1.807) is 0 Å². The molecule has 2 heteroatoms. The van der Waals surface area contributed by atoms with Crippen molar-refractivity contribution in [3.63, 3.8) is 0 Å². The summed E-state index contributed by atoms with van der Waals surface area (Å²) in [6.45, 7) is 7.62. The van der Waals surface area contributed by atoms with E-state index in [4.69, 9.17) is 16.3 Å². The van der Waals surface area contributed by atoms with E-state index in [0.717, 1.165) is 13.0 Å². The first-order valence-electron chi connectivity index (χ1n) is 6.36. The molecule has 0 amide bonds. The fraction of sp³-hybridized carbons (Fsp3) is 1.00. The predicted molar refractivity (Wildman–Crippen MR) is 66.5 cm³/mol. The number of halogens is 1. The van der Waals surface area contributed by atoms with Crippen LogP contribution in [0.25, 0.3) is 0 Å². The van der Waals surface area contributed by atoms with Crippen LogP contribution >= 0.6 is 11.6 Å². The van der Waals surface area contributed by atoms with Crippen LogP contribution in [-0.2, 0) is 4.74 Å². The molecule has 1 saturated heterocycles. The van der Waals surface area contributed by atoms with Gasteiger partial charge in [-0.25, -0.2) is 0 Å². The molecule has 1 aliphatic heterocycles. The van der Waals surface area contributed by atoms with E-state index in [2.05, 4.69) is 20.8 Å². The van der Waals surface area contributed by atoms with Crippen LogP contribution in [0.15, 0.2) is 0 Å². The predicted octanol–water partition coefficient (Wildman–Crippen LogP) is 4.38. The summed E-state index contributed by atoms with van der Waals surface area (Å²) >= 11 is 6.55. The number of hydrogen-bond acceptors (Lipinski definition) is 1. The minimum atomic E-state index is -0.0621. The molecule has 0 aromatic carbocycles. The molecule has 1 fully saturated rings. The van der Waals surface area contributed by atoms with E-state index in [0.29, 0.717) is 12.0 Å². The van der Waals surface area contributed by atoms with Gasteiger partial charge in [0.1, 0.15) is 0 Å². The van der Waals surface area contributed by atoms with Crippen molar-refractivity contribution >= 4 is 11.6 Å². The second-order valence-electron chi connectivity index (χ2n) is 5.19. The van der Waals surface area contributed by atoms with Crippen molar-refractivity contribution in [3.05, 3.63) is 0 Å². The van der Waals surface area contributed by atoms with Gasteiger partial charge in [-0.05, 0) is 25.7 Å². The Morgan fingerprint density at radius 3 is 2.60 bits per heavy atom. The van der Waals surface area contributed by atoms with Gasteiger partial charge in [0, 0.05) is 4.87 Å². The van der Waals surface area contributed by atoms with Crippen LogP contribution in [0.2, 0.25) is 0 Å². The van der Waals surface area contributed by atoms with Crippen LogP contribution < -0.4 is 0 Å². The average molecular weight is 233 g/mol. The van der Waals surface area contributed by atoms with Gasteiger partial charge in [0.05, 0.1) is 12.7 Å². The molecule has 1 heterocycles. The van der Waals surface area contributed by atoms with E-state index in [1.807, 2.05) is 0 Å². The number of rotatable bonds is 8. The highest BCUT2D eigenvalue weighted by Gasteiger charge is 2.36. The van der Waals surface area contributed by atoms with Crippen LogP contribution in [0, 0.1) is 5.92 Å². The van der Waals surface area contributed by atoms with Crippen LogP contribution in [0.5, 0.6) is 0 Å². The Morgan fingerprint density at radius 1 is 1.40 bits per heavy atom. The average Bonchev–Trinajstić information content (AvgIpc) is 2.95. The Labute approximate surface area is 99.5 Å². The highest BCUT2D eigenvalue weighted by atomic mass is 35.5. The van der Waals surface area contributed by atoms with Gasteiger partial charge in [0.25, 0.3) is 0 Å². The molecule has 0 aromatic rings. The van der Waals surface area contributed by atoms with Crippen LogP contribution in [-0.4, -0.2) is 17.6 Å². The Bertz CT molecular complexity index is 175. The first kappa shape index (κ1) is 13.3. The summed E-state index contributed by atoms with van der Waals surface area (Å²) in [4.78, 5) is -0.0621. The molecule has 3 atom stereocenters. The molecule has 0 aromatic heterocycles. The standard InChI is InChI=1S/C13H25ClO/c1-4-5-6-7-8-11(2)13(3,14)9-12-10-15-12/h11-12H,4-10H2,1-3H3. The van der Waals surface area contributed by atoms with Crippen molar-refractivity contribution in [2.75, 3.05) is 6.61 Å². The molecule has 0 bridgehead atoms. The fourth-order valence-corrected chi connectivity index (χ4v) is 2.29. The normalized spacial score (nSPS) is 26.0. The molecule has 1 nitrogen and oxygen atoms in total. The van der Waals surface area contributed by atoms with Gasteiger partial charge in [-0.3, -0.25) is 0 Å². The first-order valence-corrected chi connectivity index (χ1v) is 6.74. The summed E-state index contributed by atoms with van der Waals surface area (Å²) < 4.78 is 5.25. The zero-order chi connectivity index (χ0) is 11.3. The second-order valence-corrected chi connectivity index (χ2v) is 6.05. The smallest absolute Gasteiger partial charge is 0.0826 e. The molecule has 1 aliphatic rings. The molecule has 15 heavy (non-hydrogen) atoms. The highest BCUT2D eigenvalue weighted by molar-refractivity contribution is 6.23. The van der Waals surface area contributed by atoms with Crippen LogP contribution in [0.3, 0.4) is 0 Å². The zero-order valence-corrected chi connectivity index (χ0v) is 11.1. The molecule has 3 unspecified atom stereocenters. The Morgan fingerprint density at radius 2 is 2.07 bits per heavy atom. The maximum atomic E-state index is 6.55. The lowest BCUT2D eigenvalue weighted by Gasteiger charge is -2.28. The van der Waals surface area contributed by atoms with Crippen LogP contribution in [0.4, 0.5) is 0 Å². The summed E-state index contributed by atoms with van der Waals surface area (Å²) in [6, 6.07) is 0. The van der Waals surface area contributed by atoms with Gasteiger partial charge in [0.15, 0.2) is 0 Å². The van der Waals surface area contributed by atoms with Gasteiger partial charge < -0.3 is 4.74 Å². The number of ether oxygens (including phenoxy) is 1. The third-order valence-electron chi connectivity index (χ3n) is 3.55. The highest BCUT2D eigenvalue weighted by Crippen LogP contribution is 2.36. The Hall–Kier alpha value is 0.250. The van der Waals surface area contributed by atoms with Gasteiger partial charge in [-0.1, -0.05) is 39.5 Å². The maximum absolute atomic E-state index is 6.55.